The summed E-state index contributed by atoms with van der Waals surface area (Å²) in [6.07, 6.45) is 5.01. The Morgan fingerprint density at radius 2 is 2.32 bits per heavy atom. The smallest absolute Gasteiger partial charge is 0.109 e. The van der Waals surface area contributed by atoms with E-state index in [1.165, 1.54) is 22.0 Å². The molecule has 2 aromatic rings. The molecule has 1 saturated heterocycles. The molecule has 3 atom stereocenters. The fourth-order valence-electron chi connectivity index (χ4n) is 4.81. The highest BCUT2D eigenvalue weighted by Crippen LogP contribution is 2.49. The van der Waals surface area contributed by atoms with E-state index in [1.807, 2.05) is 7.11 Å². The number of aliphatic hydroxyl groups excluding tert-OH is 1. The van der Waals surface area contributed by atoms with Crippen LogP contribution >= 0.6 is 0 Å². The zero-order valence-corrected chi connectivity index (χ0v) is 13.3. The molecule has 2 heterocycles. The van der Waals surface area contributed by atoms with Crippen molar-refractivity contribution in [2.45, 2.75) is 30.9 Å². The van der Waals surface area contributed by atoms with Crippen LogP contribution in [0.4, 0.5) is 0 Å². The third-order valence-electron chi connectivity index (χ3n) is 5.77. The van der Waals surface area contributed by atoms with Crippen LogP contribution in [0.5, 0.6) is 0 Å². The Kier molecular flexibility index (Phi) is 3.29. The van der Waals surface area contributed by atoms with Crippen molar-refractivity contribution < 1.29 is 9.84 Å². The first kappa shape index (κ1) is 14.2. The van der Waals surface area contributed by atoms with Crippen molar-refractivity contribution in [1.82, 2.24) is 9.88 Å². The Balaban J connectivity index is 1.89. The van der Waals surface area contributed by atoms with E-state index < -0.39 is 0 Å². The average Bonchev–Trinajstić information content (AvgIpc) is 2.94. The van der Waals surface area contributed by atoms with Crippen molar-refractivity contribution in [1.29, 1.82) is 0 Å². The lowest BCUT2D eigenvalue weighted by Gasteiger charge is -2.53. The van der Waals surface area contributed by atoms with Crippen LogP contribution in [0, 0.1) is 5.92 Å². The molecule has 2 aliphatic rings. The quantitative estimate of drug-likeness (QED) is 0.914. The summed E-state index contributed by atoms with van der Waals surface area (Å²) < 4.78 is 6.21. The van der Waals surface area contributed by atoms with Gasteiger partial charge in [-0.05, 0) is 49.4 Å². The molecule has 1 aromatic heterocycles. The van der Waals surface area contributed by atoms with Gasteiger partial charge < -0.3 is 14.8 Å². The molecule has 4 heteroatoms. The fourth-order valence-corrected chi connectivity index (χ4v) is 4.81. The second-order valence-electron chi connectivity index (χ2n) is 6.88. The number of hydrogen-bond acceptors (Lipinski definition) is 3. The van der Waals surface area contributed by atoms with E-state index in [4.69, 9.17) is 4.74 Å². The molecule has 1 aromatic carbocycles. The molecule has 1 aliphatic carbocycles. The monoisotopic (exact) mass is 300 g/mol. The Hall–Kier alpha value is -1.36. The van der Waals surface area contributed by atoms with Crippen LogP contribution in [0.15, 0.2) is 24.4 Å². The van der Waals surface area contributed by atoms with Crippen molar-refractivity contribution in [2.75, 3.05) is 27.3 Å². The van der Waals surface area contributed by atoms with Crippen LogP contribution in [-0.4, -0.2) is 48.3 Å². The van der Waals surface area contributed by atoms with Crippen LogP contribution < -0.4 is 0 Å². The van der Waals surface area contributed by atoms with Gasteiger partial charge in [-0.3, -0.25) is 4.90 Å². The van der Waals surface area contributed by atoms with Gasteiger partial charge in [0.2, 0.25) is 0 Å². The molecule has 4 rings (SSSR count). The number of ether oxygens (including phenoxy) is 1. The minimum Gasteiger partial charge on any atom is -0.396 e. The topological polar surface area (TPSA) is 48.5 Å². The van der Waals surface area contributed by atoms with Gasteiger partial charge in [0.25, 0.3) is 0 Å². The maximum atomic E-state index is 9.37. The number of H-pyrrole nitrogens is 1. The zero-order chi connectivity index (χ0) is 15.3. The SMILES string of the molecule is CO[C@]12CC(CCO)CN(C)[C@@H]1Cc1c[nH]c3cccc2c13. The number of aliphatic hydroxyl groups is 1. The Morgan fingerprint density at radius 1 is 1.45 bits per heavy atom. The number of likely N-dealkylation sites (tertiary alicyclic amines) is 1. The highest BCUT2D eigenvalue weighted by molar-refractivity contribution is 5.88. The van der Waals surface area contributed by atoms with E-state index in [-0.39, 0.29) is 12.2 Å². The number of aromatic amines is 1. The summed E-state index contributed by atoms with van der Waals surface area (Å²) in [6, 6.07) is 6.85. The van der Waals surface area contributed by atoms with Crippen molar-refractivity contribution in [3.8, 4) is 0 Å². The van der Waals surface area contributed by atoms with Gasteiger partial charge in [-0.1, -0.05) is 12.1 Å². The number of nitrogens with one attached hydrogen (secondary N) is 1. The van der Waals surface area contributed by atoms with Gasteiger partial charge in [0, 0.05) is 43.4 Å². The number of hydrogen-bond donors (Lipinski definition) is 2. The molecule has 118 valence electrons. The molecule has 0 radical (unpaired) electrons. The van der Waals surface area contributed by atoms with Crippen LogP contribution in [0.1, 0.15) is 24.0 Å². The van der Waals surface area contributed by atoms with E-state index in [0.29, 0.717) is 12.0 Å². The Bertz CT molecular complexity index is 695. The molecule has 1 aliphatic heterocycles. The highest BCUT2D eigenvalue weighted by Gasteiger charge is 2.51. The third kappa shape index (κ3) is 1.81. The van der Waals surface area contributed by atoms with Crippen molar-refractivity contribution >= 4 is 10.9 Å². The maximum absolute atomic E-state index is 9.37. The first-order chi connectivity index (χ1) is 10.7. The van der Waals surface area contributed by atoms with Crippen LogP contribution in [0.2, 0.25) is 0 Å². The molecular formula is C18H24N2O2. The van der Waals surface area contributed by atoms with Gasteiger partial charge in [0.1, 0.15) is 5.60 Å². The predicted octanol–water partition coefficient (Wildman–Crippen LogP) is 2.27. The van der Waals surface area contributed by atoms with E-state index in [1.54, 1.807) is 0 Å². The number of aromatic nitrogens is 1. The van der Waals surface area contributed by atoms with E-state index >= 15 is 0 Å². The number of nitrogens with zero attached hydrogens (tertiary/aromatic N) is 1. The van der Waals surface area contributed by atoms with Crippen LogP contribution in [-0.2, 0) is 16.8 Å². The molecule has 1 unspecified atom stereocenters. The van der Waals surface area contributed by atoms with Crippen molar-refractivity contribution in [3.63, 3.8) is 0 Å². The van der Waals surface area contributed by atoms with Gasteiger partial charge in [-0.15, -0.1) is 0 Å². The first-order valence-corrected chi connectivity index (χ1v) is 8.15. The minimum absolute atomic E-state index is 0.253. The number of piperidine rings is 1. The largest absolute Gasteiger partial charge is 0.396 e. The molecular weight excluding hydrogens is 276 g/mol. The summed E-state index contributed by atoms with van der Waals surface area (Å²) in [5, 5.41) is 10.7. The summed E-state index contributed by atoms with van der Waals surface area (Å²) in [5.41, 5.74) is 3.65. The van der Waals surface area contributed by atoms with Crippen LogP contribution in [0.3, 0.4) is 0 Å². The zero-order valence-electron chi connectivity index (χ0n) is 13.3. The second-order valence-corrected chi connectivity index (χ2v) is 6.88. The first-order valence-electron chi connectivity index (χ1n) is 8.15. The predicted molar refractivity (Wildman–Crippen MR) is 86.9 cm³/mol. The molecule has 22 heavy (non-hydrogen) atoms. The third-order valence-corrected chi connectivity index (χ3v) is 5.77. The highest BCUT2D eigenvalue weighted by atomic mass is 16.5. The maximum Gasteiger partial charge on any atom is 0.109 e. The van der Waals surface area contributed by atoms with E-state index in [9.17, 15) is 5.11 Å². The lowest BCUT2D eigenvalue weighted by Crippen LogP contribution is -2.59. The normalized spacial score (nSPS) is 31.4. The summed E-state index contributed by atoms with van der Waals surface area (Å²) in [5.74, 6) is 0.474. The number of methoxy groups -OCH3 is 1. The average molecular weight is 300 g/mol. The number of rotatable bonds is 3. The summed E-state index contributed by atoms with van der Waals surface area (Å²) in [7, 11) is 4.04. The standard InChI is InChI=1S/C18H24N2O2/c1-20-11-12(6-7-21)9-18(22-2)14-4-3-5-15-17(14)13(10-19-15)8-16(18)20/h3-5,10,12,16,19,21H,6-9,11H2,1-2H3/t12?,16-,18+/m1/s1. The molecule has 0 saturated carbocycles. The van der Waals surface area contributed by atoms with Gasteiger partial charge in [-0.25, -0.2) is 0 Å². The Labute approximate surface area is 131 Å². The van der Waals surface area contributed by atoms with Crippen molar-refractivity contribution in [2.24, 2.45) is 5.92 Å². The molecule has 4 nitrogen and oxygen atoms in total. The van der Waals surface area contributed by atoms with Gasteiger partial charge >= 0.3 is 0 Å². The van der Waals surface area contributed by atoms with E-state index in [0.717, 1.165) is 25.8 Å². The molecule has 2 N–H and O–H groups in total. The molecule has 0 amide bonds. The lowest BCUT2D eigenvalue weighted by molar-refractivity contribution is -0.127. The molecule has 1 fully saturated rings. The summed E-state index contributed by atoms with van der Waals surface area (Å²) in [6.45, 7) is 1.29. The van der Waals surface area contributed by atoms with Crippen molar-refractivity contribution in [3.05, 3.63) is 35.5 Å². The summed E-state index contributed by atoms with van der Waals surface area (Å²) >= 11 is 0. The molecule has 0 spiro atoms. The van der Waals surface area contributed by atoms with E-state index in [2.05, 4.69) is 41.3 Å². The van der Waals surface area contributed by atoms with Crippen LogP contribution in [0.25, 0.3) is 10.9 Å². The second kappa shape index (κ2) is 5.08. The lowest BCUT2D eigenvalue weighted by atomic mass is 9.68. The van der Waals surface area contributed by atoms with Gasteiger partial charge in [0.15, 0.2) is 0 Å². The molecule has 0 bridgehead atoms. The number of likely N-dealkylation sites (N-methyl/N-ethyl adjacent to an activating group) is 1. The minimum atomic E-state index is -0.262. The van der Waals surface area contributed by atoms with Gasteiger partial charge in [0.05, 0.1) is 0 Å². The summed E-state index contributed by atoms with van der Waals surface area (Å²) in [4.78, 5) is 5.84. The number of benzene rings is 1. The van der Waals surface area contributed by atoms with Gasteiger partial charge in [-0.2, -0.15) is 0 Å². The Morgan fingerprint density at radius 3 is 3.09 bits per heavy atom. The fraction of sp³-hybridized carbons (Fsp3) is 0.556. The number of fused-ring (bicyclic) bond motifs is 2.